The highest BCUT2D eigenvalue weighted by molar-refractivity contribution is 6.44. The van der Waals surface area contributed by atoms with E-state index in [2.05, 4.69) is 314 Å². The lowest BCUT2D eigenvalue weighted by molar-refractivity contribution is 0.0975. The molecule has 0 atom stereocenters. The summed E-state index contributed by atoms with van der Waals surface area (Å²) < 4.78 is 0. The second kappa shape index (κ2) is 36.0. The number of anilines is 9. The monoisotopic (exact) mass is 1900 g/mol. The fraction of sp³-hybridized carbons (Fsp3) is 0.0870. The Morgan fingerprint density at radius 2 is 0.395 bits per heavy atom. The molecule has 0 N–H and O–H groups in total. The fourth-order valence-electron chi connectivity index (χ4n) is 23.3. The summed E-state index contributed by atoms with van der Waals surface area (Å²) in [6.45, 7) is 20.4. The minimum atomic E-state index is -0.224. The van der Waals surface area contributed by atoms with E-state index < -0.39 is 0 Å². The molecule has 0 saturated heterocycles. The molecule has 0 heterocycles. The number of Topliss-reactive ketones (excluding diaryl/α,β-unsaturated/α-hetero) is 6. The molecule has 6 aliphatic carbocycles. The van der Waals surface area contributed by atoms with Crippen molar-refractivity contribution >= 4 is 136 Å². The molecule has 0 fully saturated rings. The lowest BCUT2D eigenvalue weighted by Crippen LogP contribution is -2.18. The molecule has 0 saturated carbocycles. The van der Waals surface area contributed by atoms with E-state index in [9.17, 15) is 28.8 Å². The first-order valence-corrected chi connectivity index (χ1v) is 50.2. The molecule has 0 unspecified atom stereocenters. The van der Waals surface area contributed by atoms with Gasteiger partial charge in [0.05, 0.1) is 22.4 Å². The normalized spacial score (nSPS) is 14.1. The minimum absolute atomic E-state index is 0.120. The van der Waals surface area contributed by atoms with Crippen molar-refractivity contribution in [3.63, 3.8) is 0 Å². The molecule has 9 nitrogen and oxygen atoms in total. The van der Waals surface area contributed by atoms with E-state index in [1.165, 1.54) is 94.6 Å². The van der Waals surface area contributed by atoms with Crippen molar-refractivity contribution in [2.75, 3.05) is 14.7 Å². The van der Waals surface area contributed by atoms with Crippen LogP contribution in [0.5, 0.6) is 0 Å². The number of aryl methyl sites for hydroxylation is 3. The van der Waals surface area contributed by atoms with Gasteiger partial charge in [0.25, 0.3) is 0 Å². The molecule has 0 amide bonds. The van der Waals surface area contributed by atoms with Crippen molar-refractivity contribution in [3.8, 4) is 55.6 Å². The zero-order valence-corrected chi connectivity index (χ0v) is 83.0. The molecular formula is C138H101N3O6. The van der Waals surface area contributed by atoms with Gasteiger partial charge in [0.2, 0.25) is 0 Å². The summed E-state index contributed by atoms with van der Waals surface area (Å²) in [5.74, 6) is -1.31. The zero-order chi connectivity index (χ0) is 101. The predicted octanol–water partition coefficient (Wildman–Crippen LogP) is 34.5. The first-order valence-electron chi connectivity index (χ1n) is 50.2. The quantitative estimate of drug-likeness (QED) is 0.0776. The van der Waals surface area contributed by atoms with E-state index in [0.717, 1.165) is 111 Å². The number of nitrogens with zero attached hydrogens (tertiary/aromatic N) is 3. The number of fused-ring (bicyclic) bond motifs is 15. The van der Waals surface area contributed by atoms with E-state index in [4.69, 9.17) is 0 Å². The van der Waals surface area contributed by atoms with Crippen molar-refractivity contribution in [1.29, 1.82) is 0 Å². The van der Waals surface area contributed by atoms with Crippen LogP contribution in [0.25, 0.3) is 106 Å². The number of ketones is 6. The van der Waals surface area contributed by atoms with Crippen molar-refractivity contribution in [2.45, 2.75) is 78.6 Å². The molecule has 147 heavy (non-hydrogen) atoms. The molecule has 0 aliphatic heterocycles. The van der Waals surface area contributed by atoms with Crippen molar-refractivity contribution in [1.82, 2.24) is 0 Å². The number of hydrogen-bond donors (Lipinski definition) is 0. The predicted molar refractivity (Wildman–Crippen MR) is 603 cm³/mol. The average molecular weight is 1900 g/mol. The standard InChI is InChI=1S/C50H37NO2.C44H35NO2.C44H29NO2/c1-49(2)43-15-9-7-13-36(43)38-23-21-34(28-45(38)49)51(35-22-24-39-37-14-8-10-16-44(37)50(3,4)46(39)29-35)33-19-17-30(18-20-33)25-42-47(52)40-26-31-11-5-6-12-32(31)27-41(40)48(42)53;1-26-20-27(2)41(28(3)21-26)45(33-18-19-35-34-12-8-9-13-39(34)44(4,5)40(35)25-33)32-16-14-29(15-17-32)22-38-42(46)36-23-30-10-6-7-11-31(30)24-37(36)43(38)47;46-43-40-28-35-13-7-8-14-36(35)29-41(40)44(47)42(43)27-30-15-21-37(22-16-30)45(38-23-17-33(18-24-38)31-9-3-1-4-10-31)39-25-19-34(20-26-39)32-11-5-2-6-12-32/h5-29H,1-4H3;6-25H,1-5H3;1-29H. The van der Waals surface area contributed by atoms with E-state index in [1.807, 2.05) is 194 Å². The molecule has 0 radical (unpaired) electrons. The summed E-state index contributed by atoms with van der Waals surface area (Å²) in [7, 11) is 0. The maximum atomic E-state index is 13.6. The molecule has 0 aromatic heterocycles. The number of carbonyl (C=O) groups excluding carboxylic acids is 6. The molecule has 704 valence electrons. The Morgan fingerprint density at radius 3 is 0.673 bits per heavy atom. The summed E-state index contributed by atoms with van der Waals surface area (Å²) in [5, 5.41) is 5.72. The van der Waals surface area contributed by atoms with Gasteiger partial charge in [-0.15, -0.1) is 0 Å². The van der Waals surface area contributed by atoms with Crippen LogP contribution in [0, 0.1) is 20.8 Å². The fourth-order valence-corrected chi connectivity index (χ4v) is 23.3. The topological polar surface area (TPSA) is 112 Å². The molecule has 6 aliphatic rings. The van der Waals surface area contributed by atoms with Crippen LogP contribution in [0.1, 0.15) is 170 Å². The van der Waals surface area contributed by atoms with Gasteiger partial charge in [-0.25, -0.2) is 0 Å². The van der Waals surface area contributed by atoms with Crippen LogP contribution in [0.2, 0.25) is 0 Å². The number of allylic oxidation sites excluding steroid dienone is 3. The third-order valence-corrected chi connectivity index (χ3v) is 30.8. The largest absolute Gasteiger partial charge is 0.311 e. The van der Waals surface area contributed by atoms with Crippen LogP contribution in [-0.2, 0) is 16.2 Å². The van der Waals surface area contributed by atoms with Crippen molar-refractivity contribution in [2.24, 2.45) is 0 Å². The number of benzene rings is 20. The number of hydrogen-bond acceptors (Lipinski definition) is 9. The third-order valence-electron chi connectivity index (χ3n) is 30.8. The SMILES string of the molecule is CC1(C)c2ccccc2-c2ccc(N(c3ccc(C=C4C(=O)c5cc6ccccc6cc5C4=O)cc3)c3ccc4c(c3)C(C)(C)c3ccccc3-4)cc21.Cc1cc(C)c(N(c2ccc(C=C3C(=O)c4cc5ccccc5cc4C3=O)cc2)c2ccc3c(c2)C(C)(C)c2ccccc2-3)c(C)c1.O=C1C(=Cc2ccc(N(c3ccc(-c4ccccc4)cc3)c3ccc(-c4ccccc4)cc3)cc2)C(=O)c2cc3ccccc3cc21. The van der Waals surface area contributed by atoms with Gasteiger partial charge >= 0.3 is 0 Å². The Morgan fingerprint density at radius 1 is 0.184 bits per heavy atom. The molecular weight excluding hydrogens is 1800 g/mol. The van der Waals surface area contributed by atoms with E-state index >= 15 is 0 Å². The molecule has 20 aromatic rings. The second-order valence-corrected chi connectivity index (χ2v) is 40.9. The summed E-state index contributed by atoms with van der Waals surface area (Å²) in [6.07, 6.45) is 5.20. The maximum Gasteiger partial charge on any atom is 0.197 e. The molecule has 0 spiro atoms. The van der Waals surface area contributed by atoms with Crippen LogP contribution in [0.4, 0.5) is 51.2 Å². The molecule has 26 rings (SSSR count). The van der Waals surface area contributed by atoms with Gasteiger partial charge in [0, 0.05) is 95.1 Å². The Hall–Kier alpha value is -18.2. The zero-order valence-electron chi connectivity index (χ0n) is 83.0. The molecule has 20 aromatic carbocycles. The van der Waals surface area contributed by atoms with Crippen LogP contribution in [0.3, 0.4) is 0 Å². The van der Waals surface area contributed by atoms with Crippen LogP contribution >= 0.6 is 0 Å². The highest BCUT2D eigenvalue weighted by Crippen LogP contribution is 2.56. The third kappa shape index (κ3) is 15.9. The van der Waals surface area contributed by atoms with Crippen LogP contribution < -0.4 is 14.7 Å². The maximum absolute atomic E-state index is 13.6. The highest BCUT2D eigenvalue weighted by atomic mass is 16.2. The van der Waals surface area contributed by atoms with Gasteiger partial charge in [-0.05, 0) is 322 Å². The Kier molecular flexibility index (Phi) is 22.4. The minimum Gasteiger partial charge on any atom is -0.311 e. The van der Waals surface area contributed by atoms with Gasteiger partial charge in [0.1, 0.15) is 0 Å². The van der Waals surface area contributed by atoms with E-state index in [1.54, 1.807) is 18.2 Å². The summed E-state index contributed by atoms with van der Waals surface area (Å²) in [4.78, 5) is 87.6. The average Bonchev–Trinajstić information content (AvgIpc) is 1.57. The number of rotatable bonds is 14. The first-order chi connectivity index (χ1) is 71.3. The van der Waals surface area contributed by atoms with E-state index in [0.29, 0.717) is 33.4 Å². The van der Waals surface area contributed by atoms with Crippen molar-refractivity contribution in [3.05, 3.63) is 548 Å². The second-order valence-electron chi connectivity index (χ2n) is 40.9. The van der Waals surface area contributed by atoms with Crippen molar-refractivity contribution < 1.29 is 28.8 Å². The van der Waals surface area contributed by atoms with Gasteiger partial charge in [-0.3, -0.25) is 28.8 Å². The summed E-state index contributed by atoms with van der Waals surface area (Å²) in [6, 6.07) is 148. The first kappa shape index (κ1) is 91.3. The number of carbonyl (C=O) groups is 6. The highest BCUT2D eigenvalue weighted by Gasteiger charge is 2.42. The summed E-state index contributed by atoms with van der Waals surface area (Å²) in [5.41, 5.74) is 38.9. The Labute approximate surface area is 855 Å². The Balaban J connectivity index is 0.000000118. The van der Waals surface area contributed by atoms with Gasteiger partial charge in [-0.1, -0.05) is 344 Å². The molecule has 0 bridgehead atoms. The lowest BCUT2D eigenvalue weighted by Gasteiger charge is -2.30. The smallest absolute Gasteiger partial charge is 0.197 e. The van der Waals surface area contributed by atoms with Crippen LogP contribution in [-0.4, -0.2) is 34.7 Å². The molecule has 9 heteroatoms. The summed E-state index contributed by atoms with van der Waals surface area (Å²) >= 11 is 0. The van der Waals surface area contributed by atoms with Gasteiger partial charge < -0.3 is 14.7 Å². The lowest BCUT2D eigenvalue weighted by atomic mass is 9.82. The van der Waals surface area contributed by atoms with Gasteiger partial charge in [-0.2, -0.15) is 0 Å². The van der Waals surface area contributed by atoms with E-state index in [-0.39, 0.29) is 67.7 Å². The van der Waals surface area contributed by atoms with Gasteiger partial charge in [0.15, 0.2) is 34.7 Å². The Bertz CT molecular complexity index is 8670. The van der Waals surface area contributed by atoms with Crippen LogP contribution in [0.15, 0.2) is 447 Å².